The first-order chi connectivity index (χ1) is 12.2. The fourth-order valence-electron chi connectivity index (χ4n) is 2.74. The van der Waals surface area contributed by atoms with Gasteiger partial charge in [-0.25, -0.2) is 4.98 Å². The second kappa shape index (κ2) is 6.50. The highest BCUT2D eigenvalue weighted by Gasteiger charge is 2.36. The van der Waals surface area contributed by atoms with Gasteiger partial charge in [0.2, 0.25) is 0 Å². The van der Waals surface area contributed by atoms with Crippen molar-refractivity contribution in [2.45, 2.75) is 31.7 Å². The Morgan fingerprint density at radius 3 is 2.77 bits per heavy atom. The molecule has 136 valence electrons. The Kier molecular flexibility index (Phi) is 4.50. The molecule has 1 aliphatic rings. The molecular weight excluding hydrogens is 345 g/mol. The number of hydrogen-bond acceptors (Lipinski definition) is 4. The molecule has 1 unspecified atom stereocenters. The van der Waals surface area contributed by atoms with Gasteiger partial charge < -0.3 is 14.6 Å². The molecule has 8 heteroatoms. The molecule has 0 bridgehead atoms. The number of nitrogens with zero attached hydrogens (tertiary/aromatic N) is 3. The van der Waals surface area contributed by atoms with Gasteiger partial charge in [-0.1, -0.05) is 0 Å². The number of hydrogen-bond donors (Lipinski definition) is 1. The van der Waals surface area contributed by atoms with E-state index in [1.54, 1.807) is 29.4 Å². The van der Waals surface area contributed by atoms with E-state index in [0.29, 0.717) is 6.61 Å². The summed E-state index contributed by atoms with van der Waals surface area (Å²) in [5, 5.41) is 12.0. The largest absolute Gasteiger partial charge is 0.417 e. The molecule has 0 saturated heterocycles. The average molecular weight is 362 g/mol. The van der Waals surface area contributed by atoms with Crippen molar-refractivity contribution in [1.82, 2.24) is 9.55 Å². The van der Waals surface area contributed by atoms with Crippen molar-refractivity contribution in [3.8, 4) is 6.07 Å². The molecule has 2 heterocycles. The normalized spacial score (nSPS) is 19.5. The van der Waals surface area contributed by atoms with E-state index in [4.69, 9.17) is 10.00 Å². The maximum absolute atomic E-state index is 13.2. The molecule has 1 aromatic heterocycles. The van der Waals surface area contributed by atoms with Crippen LogP contribution in [0.3, 0.4) is 0 Å². The van der Waals surface area contributed by atoms with E-state index in [2.05, 4.69) is 10.3 Å². The highest BCUT2D eigenvalue weighted by atomic mass is 19.4. The van der Waals surface area contributed by atoms with Gasteiger partial charge in [-0.2, -0.15) is 18.4 Å². The average Bonchev–Trinajstić information content (AvgIpc) is 3.10. The molecule has 0 spiro atoms. The number of ether oxygens (including phenoxy) is 1. The van der Waals surface area contributed by atoms with Crippen molar-refractivity contribution >= 4 is 11.4 Å². The van der Waals surface area contributed by atoms with E-state index >= 15 is 0 Å². The molecule has 0 fully saturated rings. The van der Waals surface area contributed by atoms with Crippen LogP contribution in [0.5, 0.6) is 0 Å². The first-order valence-electron chi connectivity index (χ1n) is 7.91. The van der Waals surface area contributed by atoms with Crippen LogP contribution < -0.4 is 5.32 Å². The molecule has 3 rings (SSSR count). The van der Waals surface area contributed by atoms with Crippen molar-refractivity contribution in [2.75, 3.05) is 11.9 Å². The summed E-state index contributed by atoms with van der Waals surface area (Å²) in [4.78, 5) is 3.99. The second-order valence-corrected chi connectivity index (χ2v) is 6.51. The quantitative estimate of drug-likeness (QED) is 0.899. The topological polar surface area (TPSA) is 62.9 Å². The highest BCUT2D eigenvalue weighted by Crippen LogP contribution is 2.35. The van der Waals surface area contributed by atoms with Crippen LogP contribution in [-0.2, 0) is 10.9 Å². The van der Waals surface area contributed by atoms with Crippen LogP contribution in [0, 0.1) is 11.3 Å². The Hall–Kier alpha value is -2.79. The zero-order chi connectivity index (χ0) is 18.9. The smallest absolute Gasteiger partial charge is 0.376 e. The van der Waals surface area contributed by atoms with Crippen LogP contribution in [0.4, 0.5) is 18.9 Å². The second-order valence-electron chi connectivity index (χ2n) is 6.51. The van der Waals surface area contributed by atoms with E-state index in [0.717, 1.165) is 11.8 Å². The number of halogens is 3. The van der Waals surface area contributed by atoms with Gasteiger partial charge in [-0.3, -0.25) is 0 Å². The van der Waals surface area contributed by atoms with E-state index in [1.807, 2.05) is 19.9 Å². The summed E-state index contributed by atoms with van der Waals surface area (Å²) >= 11 is 0. The number of rotatable bonds is 3. The Bertz CT molecular complexity index is 864. The van der Waals surface area contributed by atoms with Gasteiger partial charge in [-0.15, -0.1) is 0 Å². The molecular formula is C18H17F3N4O. The van der Waals surface area contributed by atoms with Crippen LogP contribution in [0.2, 0.25) is 0 Å². The molecule has 2 aromatic rings. The zero-order valence-corrected chi connectivity index (χ0v) is 14.2. The maximum atomic E-state index is 13.2. The lowest BCUT2D eigenvalue weighted by Crippen LogP contribution is -2.46. The number of alkyl halides is 3. The number of nitriles is 1. The standard InChI is InChI=1S/C18H17F3N4O/c1-17(2)16(8-14(10-26-17)25-6-5-23-11-25)24-13-4-3-12(9-22)15(7-13)18(19,20)21/h3-8,11,16,24H,10H2,1-2H3. The minimum atomic E-state index is -4.60. The lowest BCUT2D eigenvalue weighted by atomic mass is 9.94. The molecule has 1 aromatic carbocycles. The fourth-order valence-corrected chi connectivity index (χ4v) is 2.74. The van der Waals surface area contributed by atoms with Crippen molar-refractivity contribution in [1.29, 1.82) is 5.26 Å². The molecule has 26 heavy (non-hydrogen) atoms. The van der Waals surface area contributed by atoms with Crippen molar-refractivity contribution in [2.24, 2.45) is 0 Å². The SMILES string of the molecule is CC1(C)OCC(n2ccnc2)=CC1Nc1ccc(C#N)c(C(F)(F)F)c1. The Labute approximate surface area is 148 Å². The molecule has 0 saturated carbocycles. The molecule has 1 aliphatic heterocycles. The minimum absolute atomic E-state index is 0.265. The minimum Gasteiger partial charge on any atom is -0.376 e. The van der Waals surface area contributed by atoms with Crippen molar-refractivity contribution in [3.05, 3.63) is 54.1 Å². The van der Waals surface area contributed by atoms with Crippen molar-refractivity contribution in [3.63, 3.8) is 0 Å². The predicted octanol–water partition coefficient (Wildman–Crippen LogP) is 3.90. The fraction of sp³-hybridized carbons (Fsp3) is 0.333. The van der Waals surface area contributed by atoms with E-state index in [-0.39, 0.29) is 11.7 Å². The van der Waals surface area contributed by atoms with Crippen LogP contribution in [0.1, 0.15) is 25.0 Å². The molecule has 1 atom stereocenters. The van der Waals surface area contributed by atoms with E-state index in [1.165, 1.54) is 12.1 Å². The zero-order valence-electron chi connectivity index (χ0n) is 14.2. The number of nitrogens with one attached hydrogen (secondary N) is 1. The maximum Gasteiger partial charge on any atom is 0.417 e. The number of imidazole rings is 1. The summed E-state index contributed by atoms with van der Waals surface area (Å²) in [6, 6.07) is 4.79. The summed E-state index contributed by atoms with van der Waals surface area (Å²) in [6.45, 7) is 4.09. The predicted molar refractivity (Wildman–Crippen MR) is 90.1 cm³/mol. The van der Waals surface area contributed by atoms with Gasteiger partial charge in [-0.05, 0) is 38.1 Å². The van der Waals surface area contributed by atoms with Gasteiger partial charge >= 0.3 is 6.18 Å². The Balaban J connectivity index is 1.93. The third-order valence-electron chi connectivity index (χ3n) is 4.30. The molecule has 1 N–H and O–H groups in total. The Morgan fingerprint density at radius 2 is 2.15 bits per heavy atom. The summed E-state index contributed by atoms with van der Waals surface area (Å²) in [6.07, 6.45) is 2.36. The number of aromatic nitrogens is 2. The number of benzene rings is 1. The number of anilines is 1. The molecule has 0 amide bonds. The van der Waals surface area contributed by atoms with Crippen LogP contribution in [0.15, 0.2) is 43.0 Å². The lowest BCUT2D eigenvalue weighted by Gasteiger charge is -2.38. The molecule has 5 nitrogen and oxygen atoms in total. The van der Waals surface area contributed by atoms with Gasteiger partial charge in [0.05, 0.1) is 41.8 Å². The molecule has 0 aliphatic carbocycles. The van der Waals surface area contributed by atoms with Gasteiger partial charge in [0.25, 0.3) is 0 Å². The van der Waals surface area contributed by atoms with Gasteiger partial charge in [0.15, 0.2) is 0 Å². The van der Waals surface area contributed by atoms with Gasteiger partial charge in [0, 0.05) is 23.8 Å². The first-order valence-corrected chi connectivity index (χ1v) is 7.91. The van der Waals surface area contributed by atoms with E-state index < -0.39 is 22.9 Å². The summed E-state index contributed by atoms with van der Waals surface area (Å²) in [7, 11) is 0. The highest BCUT2D eigenvalue weighted by molar-refractivity contribution is 5.57. The van der Waals surface area contributed by atoms with Crippen LogP contribution in [-0.4, -0.2) is 27.8 Å². The van der Waals surface area contributed by atoms with Crippen LogP contribution in [0.25, 0.3) is 5.70 Å². The third kappa shape index (κ3) is 3.58. The van der Waals surface area contributed by atoms with Crippen molar-refractivity contribution < 1.29 is 17.9 Å². The lowest BCUT2D eigenvalue weighted by molar-refractivity contribution is -0.137. The summed E-state index contributed by atoms with van der Waals surface area (Å²) < 4.78 is 47.2. The third-order valence-corrected chi connectivity index (χ3v) is 4.30. The van der Waals surface area contributed by atoms with Gasteiger partial charge in [0.1, 0.15) is 0 Å². The Morgan fingerprint density at radius 1 is 1.38 bits per heavy atom. The van der Waals surface area contributed by atoms with Crippen LogP contribution >= 0.6 is 0 Å². The summed E-state index contributed by atoms with van der Waals surface area (Å²) in [5.41, 5.74) is -0.892. The first kappa shape index (κ1) is 18.0. The summed E-state index contributed by atoms with van der Waals surface area (Å²) in [5.74, 6) is 0. The molecule has 0 radical (unpaired) electrons. The van der Waals surface area contributed by atoms with E-state index in [9.17, 15) is 13.2 Å². The monoisotopic (exact) mass is 362 g/mol.